The fraction of sp³-hybridized carbons (Fsp3) is 0.391. The second-order valence-electron chi connectivity index (χ2n) is 7.38. The van der Waals surface area contributed by atoms with Crippen molar-refractivity contribution in [3.8, 4) is 17.2 Å². The van der Waals surface area contributed by atoms with Crippen LogP contribution >= 0.6 is 11.3 Å². The predicted octanol–water partition coefficient (Wildman–Crippen LogP) is 3.29. The van der Waals surface area contributed by atoms with Crippen molar-refractivity contribution in [3.63, 3.8) is 0 Å². The number of nitrogens with zero attached hydrogens (tertiary/aromatic N) is 1. The quantitative estimate of drug-likeness (QED) is 0.558. The third-order valence-electron chi connectivity index (χ3n) is 5.27. The van der Waals surface area contributed by atoms with Gasteiger partial charge in [-0.25, -0.2) is 0 Å². The first kappa shape index (κ1) is 23.6. The number of fused-ring (bicyclic) bond motifs is 1. The Morgan fingerprint density at radius 1 is 1.19 bits per heavy atom. The summed E-state index contributed by atoms with van der Waals surface area (Å²) in [5.41, 5.74) is 7.74. The van der Waals surface area contributed by atoms with E-state index >= 15 is 0 Å². The van der Waals surface area contributed by atoms with E-state index in [1.807, 2.05) is 0 Å². The average molecular weight is 460 g/mol. The highest BCUT2D eigenvalue weighted by Gasteiger charge is 2.27. The van der Waals surface area contributed by atoms with E-state index in [1.54, 1.807) is 18.2 Å². The lowest BCUT2D eigenvalue weighted by Crippen LogP contribution is -2.31. The molecule has 3 N–H and O–H groups in total. The van der Waals surface area contributed by atoms with Gasteiger partial charge in [-0.3, -0.25) is 14.5 Å². The standard InChI is InChI=1S/C23H29N3O5S/c1-5-9-26-10-8-15-18(13-26)32-23(20(15)22(24)28)25-19(27)7-6-14-11-16(29-2)21(31-4)17(12-14)30-3/h6-7,11-12H,5,8-10,13H2,1-4H3,(H2,24,28)(H,25,27)/b7-6+. The van der Waals surface area contributed by atoms with E-state index in [9.17, 15) is 9.59 Å². The molecule has 0 fully saturated rings. The fourth-order valence-electron chi connectivity index (χ4n) is 3.84. The van der Waals surface area contributed by atoms with E-state index in [-0.39, 0.29) is 5.91 Å². The molecule has 8 nitrogen and oxygen atoms in total. The molecule has 2 amide bonds. The molecule has 1 aromatic heterocycles. The molecule has 3 rings (SSSR count). The zero-order valence-corrected chi connectivity index (χ0v) is 19.6. The van der Waals surface area contributed by atoms with Gasteiger partial charge in [0, 0.05) is 24.0 Å². The van der Waals surface area contributed by atoms with Crippen LogP contribution in [-0.2, 0) is 17.8 Å². The molecule has 0 saturated heterocycles. The first-order valence-corrected chi connectivity index (χ1v) is 11.2. The number of primary amides is 1. The number of anilines is 1. The first-order chi connectivity index (χ1) is 15.4. The molecule has 0 saturated carbocycles. The molecule has 2 heterocycles. The van der Waals surface area contributed by atoms with Gasteiger partial charge in [0.25, 0.3) is 5.91 Å². The molecular formula is C23H29N3O5S. The number of hydrogen-bond acceptors (Lipinski definition) is 7. The van der Waals surface area contributed by atoms with Crippen LogP contribution in [0, 0.1) is 0 Å². The van der Waals surface area contributed by atoms with Crippen molar-refractivity contribution >= 4 is 34.2 Å². The molecule has 0 unspecified atom stereocenters. The van der Waals surface area contributed by atoms with Crippen molar-refractivity contribution in [1.82, 2.24) is 4.90 Å². The first-order valence-electron chi connectivity index (χ1n) is 10.4. The second-order valence-corrected chi connectivity index (χ2v) is 8.48. The number of nitrogens with two attached hydrogens (primary N) is 1. The van der Waals surface area contributed by atoms with E-state index in [0.29, 0.717) is 33.4 Å². The largest absolute Gasteiger partial charge is 0.493 e. The Balaban J connectivity index is 1.81. The van der Waals surface area contributed by atoms with Crippen LogP contribution in [0.1, 0.15) is 39.7 Å². The highest BCUT2D eigenvalue weighted by Crippen LogP contribution is 2.39. The number of methoxy groups -OCH3 is 3. The third kappa shape index (κ3) is 5.05. The minimum absolute atomic E-state index is 0.356. The molecular weight excluding hydrogens is 430 g/mol. The lowest BCUT2D eigenvalue weighted by atomic mass is 10.0. The molecule has 0 atom stereocenters. The summed E-state index contributed by atoms with van der Waals surface area (Å²) in [6, 6.07) is 3.48. The Hall–Kier alpha value is -3.04. The van der Waals surface area contributed by atoms with Crippen LogP contribution in [0.15, 0.2) is 18.2 Å². The smallest absolute Gasteiger partial charge is 0.251 e. The van der Waals surface area contributed by atoms with Gasteiger partial charge in [-0.15, -0.1) is 11.3 Å². The maximum atomic E-state index is 12.6. The summed E-state index contributed by atoms with van der Waals surface area (Å²) in [6.07, 6.45) is 4.85. The lowest BCUT2D eigenvalue weighted by Gasteiger charge is -2.26. The highest BCUT2D eigenvalue weighted by molar-refractivity contribution is 7.17. The Morgan fingerprint density at radius 3 is 2.44 bits per heavy atom. The predicted molar refractivity (Wildman–Crippen MR) is 126 cm³/mol. The number of nitrogens with one attached hydrogen (secondary N) is 1. The van der Waals surface area contributed by atoms with Crippen molar-refractivity contribution in [1.29, 1.82) is 0 Å². The van der Waals surface area contributed by atoms with Gasteiger partial charge in [0.1, 0.15) is 5.00 Å². The number of carbonyl (C=O) groups excluding carboxylic acids is 2. The average Bonchev–Trinajstić information content (AvgIpc) is 3.14. The molecule has 0 bridgehead atoms. The summed E-state index contributed by atoms with van der Waals surface area (Å²) >= 11 is 1.42. The van der Waals surface area contributed by atoms with Gasteiger partial charge < -0.3 is 25.3 Å². The Morgan fingerprint density at radius 2 is 1.88 bits per heavy atom. The van der Waals surface area contributed by atoms with Gasteiger partial charge in [0.05, 0.1) is 26.9 Å². The molecule has 0 spiro atoms. The maximum Gasteiger partial charge on any atom is 0.251 e. The van der Waals surface area contributed by atoms with E-state index in [1.165, 1.54) is 38.7 Å². The number of carbonyl (C=O) groups is 2. The zero-order valence-electron chi connectivity index (χ0n) is 18.8. The molecule has 0 aliphatic carbocycles. The topological polar surface area (TPSA) is 103 Å². The van der Waals surface area contributed by atoms with Crippen molar-refractivity contribution in [2.24, 2.45) is 5.73 Å². The summed E-state index contributed by atoms with van der Waals surface area (Å²) in [5.74, 6) is 0.584. The summed E-state index contributed by atoms with van der Waals surface area (Å²) in [6.45, 7) is 4.80. The SMILES string of the molecule is CCCN1CCc2c(sc(NC(=O)/C=C/c3cc(OC)c(OC)c(OC)c3)c2C(N)=O)C1. The van der Waals surface area contributed by atoms with Gasteiger partial charge in [0.15, 0.2) is 11.5 Å². The summed E-state index contributed by atoms with van der Waals surface area (Å²) < 4.78 is 16.0. The van der Waals surface area contributed by atoms with E-state index in [2.05, 4.69) is 17.1 Å². The summed E-state index contributed by atoms with van der Waals surface area (Å²) in [5, 5.41) is 3.33. The Kier molecular flexibility index (Phi) is 7.76. The molecule has 9 heteroatoms. The normalized spacial score (nSPS) is 13.6. The van der Waals surface area contributed by atoms with E-state index in [4.69, 9.17) is 19.9 Å². The summed E-state index contributed by atoms with van der Waals surface area (Å²) in [4.78, 5) is 28.2. The fourth-order valence-corrected chi connectivity index (χ4v) is 5.13. The number of rotatable bonds is 9. The van der Waals surface area contributed by atoms with Crippen LogP contribution in [0.3, 0.4) is 0 Å². The van der Waals surface area contributed by atoms with Crippen LogP contribution < -0.4 is 25.3 Å². The van der Waals surface area contributed by atoms with Crippen LogP contribution in [0.4, 0.5) is 5.00 Å². The van der Waals surface area contributed by atoms with Crippen molar-refractivity contribution < 1.29 is 23.8 Å². The third-order valence-corrected chi connectivity index (χ3v) is 6.41. The number of hydrogen-bond donors (Lipinski definition) is 2. The number of thiophene rings is 1. The molecule has 32 heavy (non-hydrogen) atoms. The molecule has 2 aromatic rings. The Bertz CT molecular complexity index is 1010. The molecule has 1 aliphatic heterocycles. The lowest BCUT2D eigenvalue weighted by molar-refractivity contribution is -0.111. The van der Waals surface area contributed by atoms with Gasteiger partial charge in [-0.05, 0) is 48.7 Å². The van der Waals surface area contributed by atoms with Crippen molar-refractivity contribution in [2.45, 2.75) is 26.3 Å². The van der Waals surface area contributed by atoms with Crippen LogP contribution in [0.25, 0.3) is 6.08 Å². The second kappa shape index (κ2) is 10.5. The highest BCUT2D eigenvalue weighted by atomic mass is 32.1. The minimum Gasteiger partial charge on any atom is -0.493 e. The number of ether oxygens (including phenoxy) is 3. The van der Waals surface area contributed by atoms with Gasteiger partial charge in [-0.2, -0.15) is 0 Å². The van der Waals surface area contributed by atoms with E-state index in [0.717, 1.165) is 42.9 Å². The van der Waals surface area contributed by atoms with Crippen molar-refractivity contribution in [2.75, 3.05) is 39.7 Å². The number of amides is 2. The number of benzene rings is 1. The molecule has 172 valence electrons. The van der Waals surface area contributed by atoms with Crippen LogP contribution in [0.5, 0.6) is 17.2 Å². The molecule has 0 radical (unpaired) electrons. The van der Waals surface area contributed by atoms with Gasteiger partial charge in [0.2, 0.25) is 11.7 Å². The minimum atomic E-state index is -0.518. The monoisotopic (exact) mass is 459 g/mol. The van der Waals surface area contributed by atoms with E-state index < -0.39 is 5.91 Å². The van der Waals surface area contributed by atoms with Crippen LogP contribution in [0.2, 0.25) is 0 Å². The summed E-state index contributed by atoms with van der Waals surface area (Å²) in [7, 11) is 4.59. The van der Waals surface area contributed by atoms with Gasteiger partial charge in [-0.1, -0.05) is 6.92 Å². The van der Waals surface area contributed by atoms with Crippen molar-refractivity contribution in [3.05, 3.63) is 39.8 Å². The maximum absolute atomic E-state index is 12.6. The zero-order chi connectivity index (χ0) is 23.3. The Labute approximate surface area is 191 Å². The molecule has 1 aliphatic rings. The van der Waals surface area contributed by atoms with Gasteiger partial charge >= 0.3 is 0 Å². The van der Waals surface area contributed by atoms with Crippen LogP contribution in [-0.4, -0.2) is 51.1 Å². The molecule has 1 aromatic carbocycles.